The third-order valence-electron chi connectivity index (χ3n) is 2.31. The highest BCUT2D eigenvalue weighted by Gasteiger charge is 2.39. The highest BCUT2D eigenvalue weighted by molar-refractivity contribution is 6.60. The van der Waals surface area contributed by atoms with Gasteiger partial charge in [-0.15, -0.1) is 0 Å². The lowest BCUT2D eigenvalue weighted by Gasteiger charge is -2.28. The molecule has 0 aliphatic heterocycles. The fraction of sp³-hybridized carbons (Fsp3) is 0.857. The standard InChI is InChI=1S/C10H21NO4Si.C4H7NO/c1-4-13-16(14-5-2,15-6-3)9-7-8-11-10-12;1-2-3-5-4-6/h4-9H2,1-3H3;2-3H2,1H3. The van der Waals surface area contributed by atoms with Gasteiger partial charge in [-0.1, -0.05) is 6.92 Å². The topological polar surface area (TPSA) is 86.6 Å². The molecule has 8 heteroatoms. The minimum Gasteiger partial charge on any atom is -0.374 e. The molecule has 0 aliphatic carbocycles. The Hall–Kier alpha value is -1.14. The van der Waals surface area contributed by atoms with Crippen molar-refractivity contribution in [3.63, 3.8) is 0 Å². The Kier molecular flexibility index (Phi) is 18.8. The van der Waals surface area contributed by atoms with Gasteiger partial charge in [0.25, 0.3) is 0 Å². The second-order valence-corrected chi connectivity index (χ2v) is 6.76. The van der Waals surface area contributed by atoms with Crippen LogP contribution in [0.2, 0.25) is 6.04 Å². The molecule has 0 aromatic carbocycles. The van der Waals surface area contributed by atoms with Crippen molar-refractivity contribution in [3.05, 3.63) is 0 Å². The number of isocyanates is 2. The first-order valence-electron chi connectivity index (χ1n) is 7.65. The average Bonchev–Trinajstić information content (AvgIpc) is 2.51. The van der Waals surface area contributed by atoms with Gasteiger partial charge in [0, 0.05) is 25.9 Å². The highest BCUT2D eigenvalue weighted by Crippen LogP contribution is 2.17. The van der Waals surface area contributed by atoms with Crippen LogP contribution in [0.3, 0.4) is 0 Å². The summed E-state index contributed by atoms with van der Waals surface area (Å²) in [5, 5.41) is 0. The quantitative estimate of drug-likeness (QED) is 0.237. The zero-order chi connectivity index (χ0) is 17.1. The minimum absolute atomic E-state index is 0.450. The van der Waals surface area contributed by atoms with Gasteiger partial charge in [0.05, 0.1) is 13.1 Å². The van der Waals surface area contributed by atoms with Gasteiger partial charge in [-0.2, -0.15) is 0 Å². The smallest absolute Gasteiger partial charge is 0.374 e. The summed E-state index contributed by atoms with van der Waals surface area (Å²) in [5.74, 6) is 0. The molecule has 0 bridgehead atoms. The van der Waals surface area contributed by atoms with E-state index in [1.165, 1.54) is 12.2 Å². The Morgan fingerprint density at radius 2 is 1.27 bits per heavy atom. The molecule has 0 amide bonds. The molecular weight excluding hydrogens is 304 g/mol. The van der Waals surface area contributed by atoms with E-state index in [1.54, 1.807) is 0 Å². The third kappa shape index (κ3) is 13.8. The fourth-order valence-corrected chi connectivity index (χ4v) is 4.17. The van der Waals surface area contributed by atoms with Crippen molar-refractivity contribution < 1.29 is 22.9 Å². The summed E-state index contributed by atoms with van der Waals surface area (Å²) in [6.07, 6.45) is 4.61. The predicted octanol–water partition coefficient (Wildman–Crippen LogP) is 2.49. The zero-order valence-electron chi connectivity index (χ0n) is 14.1. The molecule has 0 unspecified atom stereocenters. The SMILES string of the molecule is CCCN=C=O.CCO[Si](CCCN=C=O)(OCC)OCC. The molecule has 0 saturated carbocycles. The average molecular weight is 332 g/mol. The molecule has 0 spiro atoms. The third-order valence-corrected chi connectivity index (χ3v) is 5.46. The first kappa shape index (κ1) is 23.1. The van der Waals surface area contributed by atoms with Gasteiger partial charge in [0.2, 0.25) is 12.2 Å². The number of hydrogen-bond acceptors (Lipinski definition) is 7. The van der Waals surface area contributed by atoms with Crippen LogP contribution in [0.1, 0.15) is 40.5 Å². The van der Waals surface area contributed by atoms with Crippen molar-refractivity contribution in [1.82, 2.24) is 0 Å². The van der Waals surface area contributed by atoms with Gasteiger partial charge >= 0.3 is 8.80 Å². The maximum atomic E-state index is 9.93. The van der Waals surface area contributed by atoms with Crippen LogP contribution >= 0.6 is 0 Å². The number of aliphatic imine (C=N–C) groups is 2. The van der Waals surface area contributed by atoms with E-state index in [0.29, 0.717) is 39.0 Å². The van der Waals surface area contributed by atoms with Crippen LogP contribution in [0, 0.1) is 0 Å². The first-order chi connectivity index (χ1) is 10.7. The highest BCUT2D eigenvalue weighted by atomic mass is 28.4. The summed E-state index contributed by atoms with van der Waals surface area (Å²) in [4.78, 5) is 26.0. The summed E-state index contributed by atoms with van der Waals surface area (Å²) in [6.45, 7) is 10.5. The van der Waals surface area contributed by atoms with Crippen LogP contribution in [-0.4, -0.2) is 53.9 Å². The molecule has 0 aromatic rings. The predicted molar refractivity (Wildman–Crippen MR) is 86.3 cm³/mol. The van der Waals surface area contributed by atoms with E-state index in [0.717, 1.165) is 12.8 Å². The number of nitrogens with zero attached hydrogens (tertiary/aromatic N) is 2. The monoisotopic (exact) mass is 332 g/mol. The van der Waals surface area contributed by atoms with Gasteiger partial charge in [-0.3, -0.25) is 0 Å². The molecule has 0 aliphatic rings. The number of hydrogen-bond donors (Lipinski definition) is 0. The van der Waals surface area contributed by atoms with Crippen molar-refractivity contribution in [2.75, 3.05) is 32.9 Å². The van der Waals surface area contributed by atoms with Crippen LogP contribution in [0.25, 0.3) is 0 Å². The molecule has 0 rings (SSSR count). The first-order valence-corrected chi connectivity index (χ1v) is 9.58. The maximum Gasteiger partial charge on any atom is 0.500 e. The van der Waals surface area contributed by atoms with Crippen molar-refractivity contribution >= 4 is 21.0 Å². The van der Waals surface area contributed by atoms with Gasteiger partial charge in [0.15, 0.2) is 0 Å². The maximum absolute atomic E-state index is 9.93. The number of rotatable bonds is 12. The summed E-state index contributed by atoms with van der Waals surface area (Å²) in [7, 11) is -2.54. The molecule has 128 valence electrons. The zero-order valence-corrected chi connectivity index (χ0v) is 15.1. The summed E-state index contributed by atoms with van der Waals surface area (Å²) < 4.78 is 16.9. The van der Waals surface area contributed by atoms with E-state index in [4.69, 9.17) is 13.3 Å². The van der Waals surface area contributed by atoms with Crippen LogP contribution in [0.5, 0.6) is 0 Å². The normalized spacial score (nSPS) is 10.0. The van der Waals surface area contributed by atoms with Crippen molar-refractivity contribution in [2.24, 2.45) is 9.98 Å². The van der Waals surface area contributed by atoms with Crippen LogP contribution < -0.4 is 0 Å². The van der Waals surface area contributed by atoms with Gasteiger partial charge in [-0.25, -0.2) is 19.6 Å². The van der Waals surface area contributed by atoms with Crippen LogP contribution in [0.15, 0.2) is 9.98 Å². The lowest BCUT2D eigenvalue weighted by molar-refractivity contribution is 0.0710. The molecule has 0 saturated heterocycles. The Morgan fingerprint density at radius 3 is 1.59 bits per heavy atom. The van der Waals surface area contributed by atoms with E-state index in [9.17, 15) is 9.59 Å². The molecule has 0 atom stereocenters. The summed E-state index contributed by atoms with van der Waals surface area (Å²) in [5.41, 5.74) is 0. The molecule has 0 aromatic heterocycles. The van der Waals surface area contributed by atoms with Gasteiger partial charge < -0.3 is 13.3 Å². The van der Waals surface area contributed by atoms with E-state index in [1.807, 2.05) is 27.7 Å². The molecule has 7 nitrogen and oxygen atoms in total. The Bertz CT molecular complexity index is 325. The molecule has 0 N–H and O–H groups in total. The minimum atomic E-state index is -2.54. The fourth-order valence-electron chi connectivity index (χ4n) is 1.58. The van der Waals surface area contributed by atoms with E-state index >= 15 is 0 Å². The number of carbonyl (C=O) groups excluding carboxylic acids is 2. The lowest BCUT2D eigenvalue weighted by Crippen LogP contribution is -2.46. The van der Waals surface area contributed by atoms with Crippen molar-refractivity contribution in [2.45, 2.75) is 46.6 Å². The Balaban J connectivity index is 0. The van der Waals surface area contributed by atoms with Crippen LogP contribution in [-0.2, 0) is 22.9 Å². The molecule has 0 fully saturated rings. The second kappa shape index (κ2) is 17.9. The Morgan fingerprint density at radius 1 is 0.818 bits per heavy atom. The molecule has 0 radical (unpaired) electrons. The van der Waals surface area contributed by atoms with E-state index < -0.39 is 8.80 Å². The largest absolute Gasteiger partial charge is 0.500 e. The van der Waals surface area contributed by atoms with Gasteiger partial charge in [-0.05, 0) is 33.6 Å². The van der Waals surface area contributed by atoms with Crippen molar-refractivity contribution in [1.29, 1.82) is 0 Å². The van der Waals surface area contributed by atoms with E-state index in [-0.39, 0.29) is 0 Å². The Labute approximate surface area is 134 Å². The molecule has 22 heavy (non-hydrogen) atoms. The molecule has 0 heterocycles. The molecular formula is C14H28N2O5Si. The van der Waals surface area contributed by atoms with E-state index in [2.05, 4.69) is 9.98 Å². The lowest BCUT2D eigenvalue weighted by atomic mass is 10.5. The summed E-state index contributed by atoms with van der Waals surface area (Å²) >= 11 is 0. The van der Waals surface area contributed by atoms with Crippen LogP contribution in [0.4, 0.5) is 0 Å². The van der Waals surface area contributed by atoms with Crippen molar-refractivity contribution in [3.8, 4) is 0 Å². The summed E-state index contributed by atoms with van der Waals surface area (Å²) in [6, 6.07) is 0.688. The van der Waals surface area contributed by atoms with Gasteiger partial charge in [0.1, 0.15) is 0 Å². The second-order valence-electron chi connectivity index (χ2n) is 4.03.